The zero-order valence-electron chi connectivity index (χ0n) is 17.2. The molecule has 2 aromatic rings. The van der Waals surface area contributed by atoms with Gasteiger partial charge >= 0.3 is 0 Å². The van der Waals surface area contributed by atoms with E-state index >= 15 is 0 Å². The molecule has 1 heterocycles. The minimum Gasteiger partial charge on any atom is -0.481 e. The van der Waals surface area contributed by atoms with Crippen molar-refractivity contribution in [3.8, 4) is 5.75 Å². The van der Waals surface area contributed by atoms with Gasteiger partial charge in [0.15, 0.2) is 6.10 Å². The van der Waals surface area contributed by atoms with Gasteiger partial charge in [-0.3, -0.25) is 4.79 Å². The number of hydrogen-bond acceptors (Lipinski definition) is 3. The van der Waals surface area contributed by atoms with Crippen LogP contribution in [0.1, 0.15) is 59.7 Å². The van der Waals surface area contributed by atoms with Crippen molar-refractivity contribution in [1.82, 2.24) is 9.78 Å². The van der Waals surface area contributed by atoms with Crippen molar-refractivity contribution in [2.45, 2.75) is 72.4 Å². The number of aryl methyl sites for hydroxylation is 1. The third kappa shape index (κ3) is 4.87. The molecular weight excluding hydrogens is 326 g/mol. The summed E-state index contributed by atoms with van der Waals surface area (Å²) in [4.78, 5) is 12.6. The van der Waals surface area contributed by atoms with Gasteiger partial charge in [0, 0.05) is 6.07 Å². The number of nitrogens with zero attached hydrogens (tertiary/aromatic N) is 2. The van der Waals surface area contributed by atoms with Crippen LogP contribution in [0, 0.1) is 6.92 Å². The van der Waals surface area contributed by atoms with Crippen LogP contribution in [0.2, 0.25) is 0 Å². The van der Waals surface area contributed by atoms with Crippen LogP contribution in [0.5, 0.6) is 5.75 Å². The molecule has 26 heavy (non-hydrogen) atoms. The van der Waals surface area contributed by atoms with Gasteiger partial charge in [-0.25, -0.2) is 4.68 Å². The van der Waals surface area contributed by atoms with E-state index in [-0.39, 0.29) is 16.9 Å². The fourth-order valence-electron chi connectivity index (χ4n) is 2.62. The van der Waals surface area contributed by atoms with E-state index in [1.54, 1.807) is 6.92 Å². The van der Waals surface area contributed by atoms with Gasteiger partial charge in [0.1, 0.15) is 11.6 Å². The molecule has 2 rings (SSSR count). The molecule has 1 N–H and O–H groups in total. The molecule has 1 aromatic carbocycles. The average Bonchev–Trinajstić information content (AvgIpc) is 2.87. The Morgan fingerprint density at radius 2 is 1.69 bits per heavy atom. The predicted octanol–water partition coefficient (Wildman–Crippen LogP) is 4.65. The lowest BCUT2D eigenvalue weighted by atomic mass is 9.87. The summed E-state index contributed by atoms with van der Waals surface area (Å²) in [6.45, 7) is 16.3. The highest BCUT2D eigenvalue weighted by Gasteiger charge is 2.22. The Kier molecular flexibility index (Phi) is 5.49. The molecule has 0 radical (unpaired) electrons. The molecule has 0 aliphatic heterocycles. The number of benzene rings is 1. The van der Waals surface area contributed by atoms with E-state index in [1.165, 1.54) is 5.56 Å². The van der Waals surface area contributed by atoms with Gasteiger partial charge in [0.05, 0.1) is 11.2 Å². The SMILES string of the molecule is Cc1cc(NC(=O)C(C)Oc2ccc(C(C)(C)C)cc2)n(C(C)(C)C)n1. The maximum absolute atomic E-state index is 12.6. The Morgan fingerprint density at radius 1 is 1.12 bits per heavy atom. The first kappa shape index (κ1) is 20.0. The number of amides is 1. The van der Waals surface area contributed by atoms with E-state index in [2.05, 4.69) is 31.2 Å². The number of carbonyl (C=O) groups is 1. The summed E-state index contributed by atoms with van der Waals surface area (Å²) in [5, 5.41) is 7.40. The number of rotatable bonds is 4. The van der Waals surface area contributed by atoms with Gasteiger partial charge in [-0.05, 0) is 57.7 Å². The highest BCUT2D eigenvalue weighted by molar-refractivity contribution is 5.93. The largest absolute Gasteiger partial charge is 0.481 e. The van der Waals surface area contributed by atoms with Crippen molar-refractivity contribution in [3.05, 3.63) is 41.6 Å². The number of carbonyl (C=O) groups excluding carboxylic acids is 1. The first-order valence-corrected chi connectivity index (χ1v) is 9.03. The Balaban J connectivity index is 2.07. The zero-order chi connectivity index (χ0) is 19.7. The van der Waals surface area contributed by atoms with E-state index < -0.39 is 6.10 Å². The summed E-state index contributed by atoms with van der Waals surface area (Å²) in [5.41, 5.74) is 1.96. The van der Waals surface area contributed by atoms with Crippen molar-refractivity contribution >= 4 is 11.7 Å². The van der Waals surface area contributed by atoms with Crippen molar-refractivity contribution in [3.63, 3.8) is 0 Å². The molecule has 0 saturated heterocycles. The molecule has 1 atom stereocenters. The predicted molar refractivity (Wildman–Crippen MR) is 106 cm³/mol. The van der Waals surface area contributed by atoms with E-state index in [1.807, 2.05) is 62.7 Å². The van der Waals surface area contributed by atoms with Crippen LogP contribution in [-0.2, 0) is 15.7 Å². The third-order valence-corrected chi connectivity index (χ3v) is 4.12. The molecule has 0 aliphatic carbocycles. The van der Waals surface area contributed by atoms with Crippen molar-refractivity contribution in [2.24, 2.45) is 0 Å². The van der Waals surface area contributed by atoms with E-state index in [0.29, 0.717) is 11.6 Å². The smallest absolute Gasteiger partial charge is 0.266 e. The lowest BCUT2D eigenvalue weighted by Crippen LogP contribution is -2.33. The number of anilines is 1. The first-order valence-electron chi connectivity index (χ1n) is 9.03. The monoisotopic (exact) mass is 357 g/mol. The molecule has 0 saturated carbocycles. The Bertz CT molecular complexity index is 762. The summed E-state index contributed by atoms with van der Waals surface area (Å²) >= 11 is 0. The van der Waals surface area contributed by atoms with Crippen molar-refractivity contribution < 1.29 is 9.53 Å². The molecule has 0 bridgehead atoms. The standard InChI is InChI=1S/C21H31N3O2/c1-14-13-18(24(23-14)21(6,7)8)22-19(25)15(2)26-17-11-9-16(10-12-17)20(3,4)5/h9-13,15H,1-8H3,(H,22,25). The highest BCUT2D eigenvalue weighted by atomic mass is 16.5. The summed E-state index contributed by atoms with van der Waals surface area (Å²) in [7, 11) is 0. The van der Waals surface area contributed by atoms with Crippen molar-refractivity contribution in [2.75, 3.05) is 5.32 Å². The quantitative estimate of drug-likeness (QED) is 0.866. The van der Waals surface area contributed by atoms with E-state index in [0.717, 1.165) is 5.69 Å². The van der Waals surface area contributed by atoms with Crippen LogP contribution in [-0.4, -0.2) is 21.8 Å². The molecular formula is C21H31N3O2. The van der Waals surface area contributed by atoms with Crippen LogP contribution in [0.25, 0.3) is 0 Å². The normalized spacial score (nSPS) is 13.4. The maximum atomic E-state index is 12.6. The second kappa shape index (κ2) is 7.14. The van der Waals surface area contributed by atoms with Crippen molar-refractivity contribution in [1.29, 1.82) is 0 Å². The molecule has 1 unspecified atom stereocenters. The summed E-state index contributed by atoms with van der Waals surface area (Å²) in [5.74, 6) is 1.16. The Labute approximate surface area is 156 Å². The maximum Gasteiger partial charge on any atom is 0.266 e. The number of aromatic nitrogens is 2. The van der Waals surface area contributed by atoms with E-state index in [4.69, 9.17) is 4.74 Å². The van der Waals surface area contributed by atoms with Crippen LogP contribution >= 0.6 is 0 Å². The zero-order valence-corrected chi connectivity index (χ0v) is 17.2. The van der Waals surface area contributed by atoms with Gasteiger partial charge in [-0.15, -0.1) is 0 Å². The molecule has 0 fully saturated rings. The first-order chi connectivity index (χ1) is 11.9. The molecule has 0 spiro atoms. The number of ether oxygens (including phenoxy) is 1. The van der Waals surface area contributed by atoms with Crippen LogP contribution < -0.4 is 10.1 Å². The van der Waals surface area contributed by atoms with Gasteiger partial charge in [0.2, 0.25) is 0 Å². The number of hydrogen-bond donors (Lipinski definition) is 1. The molecule has 5 heteroatoms. The summed E-state index contributed by atoms with van der Waals surface area (Å²) < 4.78 is 7.63. The Morgan fingerprint density at radius 3 is 2.19 bits per heavy atom. The van der Waals surface area contributed by atoms with Gasteiger partial charge in [-0.1, -0.05) is 32.9 Å². The third-order valence-electron chi connectivity index (χ3n) is 4.12. The Hall–Kier alpha value is -2.30. The molecule has 142 valence electrons. The van der Waals surface area contributed by atoms with E-state index in [9.17, 15) is 4.79 Å². The second-order valence-corrected chi connectivity index (χ2v) is 8.78. The lowest BCUT2D eigenvalue weighted by molar-refractivity contribution is -0.122. The highest BCUT2D eigenvalue weighted by Crippen LogP contribution is 2.25. The molecule has 0 aliphatic rings. The van der Waals surface area contributed by atoms with Crippen LogP contribution in [0.3, 0.4) is 0 Å². The van der Waals surface area contributed by atoms with Crippen LogP contribution in [0.4, 0.5) is 5.82 Å². The van der Waals surface area contributed by atoms with Gasteiger partial charge in [-0.2, -0.15) is 5.10 Å². The minimum absolute atomic E-state index is 0.0880. The van der Waals surface area contributed by atoms with Crippen LogP contribution in [0.15, 0.2) is 30.3 Å². The fourth-order valence-corrected chi connectivity index (χ4v) is 2.62. The molecule has 1 aromatic heterocycles. The number of nitrogens with one attached hydrogen (secondary N) is 1. The van der Waals surface area contributed by atoms with Gasteiger partial charge in [0.25, 0.3) is 5.91 Å². The fraction of sp³-hybridized carbons (Fsp3) is 0.524. The minimum atomic E-state index is -0.612. The average molecular weight is 357 g/mol. The van der Waals surface area contributed by atoms with Gasteiger partial charge < -0.3 is 10.1 Å². The summed E-state index contributed by atoms with van der Waals surface area (Å²) in [6, 6.07) is 9.77. The summed E-state index contributed by atoms with van der Waals surface area (Å²) in [6.07, 6.45) is -0.612. The lowest BCUT2D eigenvalue weighted by Gasteiger charge is -2.23. The molecule has 1 amide bonds. The topological polar surface area (TPSA) is 56.1 Å². The second-order valence-electron chi connectivity index (χ2n) is 8.78. The molecule has 5 nitrogen and oxygen atoms in total.